The molecule has 2 heterocycles. The molecular weight excluding hydrogens is 476 g/mol. The number of nitrogens with two attached hydrogens (primary N) is 1. The van der Waals surface area contributed by atoms with E-state index < -0.39 is 54.3 Å². The number of ether oxygens (including phenoxy) is 1. The van der Waals surface area contributed by atoms with Gasteiger partial charge in [-0.25, -0.2) is 13.6 Å². The average Bonchev–Trinajstić information content (AvgIpc) is 2.67. The normalized spacial score (nSPS) is 22.7. The van der Waals surface area contributed by atoms with Gasteiger partial charge in [0.2, 0.25) is 11.8 Å². The number of imide groups is 2. The number of urea groups is 1. The van der Waals surface area contributed by atoms with Gasteiger partial charge in [0, 0.05) is 35.7 Å². The van der Waals surface area contributed by atoms with Crippen LogP contribution in [-0.2, 0) is 14.3 Å². The number of hydrogen-bond acceptors (Lipinski definition) is 5. The summed E-state index contributed by atoms with van der Waals surface area (Å²) in [5, 5.41) is 2.11. The van der Waals surface area contributed by atoms with Crippen LogP contribution in [0.5, 0.6) is 0 Å². The van der Waals surface area contributed by atoms with Crippen LogP contribution in [0.4, 0.5) is 13.6 Å². The van der Waals surface area contributed by atoms with E-state index in [2.05, 4.69) is 21.2 Å². The molecule has 0 spiro atoms. The Labute approximate surface area is 180 Å². The monoisotopic (exact) mass is 495 g/mol. The number of alkyl halides is 1. The summed E-state index contributed by atoms with van der Waals surface area (Å²) in [7, 11) is 0. The van der Waals surface area contributed by atoms with E-state index in [0.717, 1.165) is 11.0 Å². The van der Waals surface area contributed by atoms with E-state index >= 15 is 0 Å². The summed E-state index contributed by atoms with van der Waals surface area (Å²) < 4.78 is 34.6. The molecule has 7 nitrogen and oxygen atoms in total. The number of benzene rings is 1. The Morgan fingerprint density at radius 3 is 2.59 bits per heavy atom. The van der Waals surface area contributed by atoms with Crippen molar-refractivity contribution in [3.8, 4) is 0 Å². The molecule has 160 valence electrons. The van der Waals surface area contributed by atoms with Gasteiger partial charge in [-0.2, -0.15) is 0 Å². The van der Waals surface area contributed by atoms with Crippen molar-refractivity contribution in [3.63, 3.8) is 0 Å². The lowest BCUT2D eigenvalue weighted by Crippen LogP contribution is -2.62. The van der Waals surface area contributed by atoms with Gasteiger partial charge in [-0.05, 0) is 31.0 Å². The van der Waals surface area contributed by atoms with Crippen LogP contribution < -0.4 is 11.1 Å². The molecule has 0 bridgehead atoms. The first-order chi connectivity index (χ1) is 13.3. The Bertz CT molecular complexity index is 794. The van der Waals surface area contributed by atoms with E-state index in [9.17, 15) is 23.2 Å². The molecule has 1 aromatic rings. The molecular formula is C18H21BrClF2N3O4. The molecule has 29 heavy (non-hydrogen) atoms. The Balaban J connectivity index is 0.00000300. The highest BCUT2D eigenvalue weighted by Crippen LogP contribution is 2.29. The van der Waals surface area contributed by atoms with E-state index in [1.807, 2.05) is 0 Å². The summed E-state index contributed by atoms with van der Waals surface area (Å²) in [5.74, 6) is -3.72. The molecule has 2 saturated heterocycles. The third-order valence-electron chi connectivity index (χ3n) is 5.02. The van der Waals surface area contributed by atoms with E-state index in [4.69, 9.17) is 10.5 Å². The first-order valence-electron chi connectivity index (χ1n) is 8.90. The van der Waals surface area contributed by atoms with Gasteiger partial charge < -0.3 is 10.5 Å². The maximum atomic E-state index is 14.8. The second-order valence-corrected chi connectivity index (χ2v) is 7.76. The summed E-state index contributed by atoms with van der Waals surface area (Å²) in [6.45, 7) is 0.776. The fourth-order valence-electron chi connectivity index (χ4n) is 3.47. The predicted molar refractivity (Wildman–Crippen MR) is 106 cm³/mol. The van der Waals surface area contributed by atoms with Gasteiger partial charge in [0.1, 0.15) is 17.9 Å². The Hall–Kier alpha value is -1.62. The molecule has 0 saturated carbocycles. The van der Waals surface area contributed by atoms with Crippen molar-refractivity contribution in [1.29, 1.82) is 0 Å². The Morgan fingerprint density at radius 1 is 1.28 bits per heavy atom. The van der Waals surface area contributed by atoms with Gasteiger partial charge in [-0.1, -0.05) is 15.9 Å². The minimum atomic E-state index is -1.87. The lowest BCUT2D eigenvalue weighted by atomic mass is 9.91. The summed E-state index contributed by atoms with van der Waals surface area (Å²) in [6, 6.07) is 1.37. The first-order valence-corrected chi connectivity index (χ1v) is 9.69. The van der Waals surface area contributed by atoms with Gasteiger partial charge in [0.15, 0.2) is 0 Å². The topological polar surface area (TPSA) is 102 Å². The number of nitrogens with zero attached hydrogens (tertiary/aromatic N) is 1. The van der Waals surface area contributed by atoms with Crippen LogP contribution in [-0.4, -0.2) is 48.2 Å². The number of nitrogens with one attached hydrogen (secondary N) is 1. The van der Waals surface area contributed by atoms with Crippen LogP contribution in [0.2, 0.25) is 0 Å². The van der Waals surface area contributed by atoms with Crippen molar-refractivity contribution < 1.29 is 27.9 Å². The van der Waals surface area contributed by atoms with Crippen LogP contribution in [0, 0.1) is 11.7 Å². The summed E-state index contributed by atoms with van der Waals surface area (Å²) in [5.41, 5.74) is 5.78. The zero-order valence-electron chi connectivity index (χ0n) is 15.3. The molecule has 1 aromatic carbocycles. The predicted octanol–water partition coefficient (Wildman–Crippen LogP) is 2.61. The minimum Gasteiger partial charge on any atom is -0.381 e. The number of hydrogen-bond donors (Lipinski definition) is 2. The molecule has 3 unspecified atom stereocenters. The van der Waals surface area contributed by atoms with Crippen LogP contribution in [0.15, 0.2) is 22.7 Å². The Kier molecular flexibility index (Phi) is 8.10. The molecule has 3 atom stereocenters. The Morgan fingerprint density at radius 2 is 1.93 bits per heavy atom. The SMILES string of the molecule is Cl.NC(c1cc(Br)ccc1F)C(F)CC1C(=O)NC(=O)N(C2CCOCC2)C1=O. The molecule has 0 aliphatic carbocycles. The van der Waals surface area contributed by atoms with Crippen LogP contribution in [0.1, 0.15) is 30.9 Å². The van der Waals surface area contributed by atoms with E-state index in [-0.39, 0.29) is 18.0 Å². The van der Waals surface area contributed by atoms with E-state index in [1.165, 1.54) is 12.1 Å². The van der Waals surface area contributed by atoms with Gasteiger partial charge in [0.05, 0.1) is 6.04 Å². The molecule has 0 aromatic heterocycles. The number of halogens is 4. The number of carbonyl (C=O) groups excluding carboxylic acids is 3. The molecule has 3 N–H and O–H groups in total. The van der Waals surface area contributed by atoms with Crippen molar-refractivity contribution in [2.45, 2.75) is 37.5 Å². The van der Waals surface area contributed by atoms with Gasteiger partial charge in [0.25, 0.3) is 0 Å². The van der Waals surface area contributed by atoms with Crippen molar-refractivity contribution in [3.05, 3.63) is 34.1 Å². The van der Waals surface area contributed by atoms with Crippen LogP contribution in [0.3, 0.4) is 0 Å². The lowest BCUT2D eigenvalue weighted by Gasteiger charge is -2.37. The van der Waals surface area contributed by atoms with Gasteiger partial charge in [-0.15, -0.1) is 12.4 Å². The molecule has 11 heteroatoms. The standard InChI is InChI=1S/C18H20BrF2N3O4.ClH/c19-9-1-2-13(20)11(7-9)15(22)14(21)8-12-16(25)23-18(27)24(17(12)26)10-3-5-28-6-4-10;/h1-2,7,10,12,14-15H,3-6,8,22H2,(H,23,25,27);1H. The molecule has 0 radical (unpaired) electrons. The van der Waals surface area contributed by atoms with Crippen molar-refractivity contribution in [1.82, 2.24) is 10.2 Å². The number of rotatable bonds is 5. The van der Waals surface area contributed by atoms with Crippen LogP contribution >= 0.6 is 28.3 Å². The average molecular weight is 497 g/mol. The summed E-state index contributed by atoms with van der Waals surface area (Å²) in [4.78, 5) is 38.1. The first kappa shape index (κ1) is 23.7. The number of barbiturate groups is 1. The molecule has 2 aliphatic rings. The van der Waals surface area contributed by atoms with Crippen molar-refractivity contribution in [2.75, 3.05) is 13.2 Å². The zero-order chi connectivity index (χ0) is 20.4. The largest absolute Gasteiger partial charge is 0.381 e. The minimum absolute atomic E-state index is 0. The van der Waals surface area contributed by atoms with Crippen LogP contribution in [0.25, 0.3) is 0 Å². The van der Waals surface area contributed by atoms with Gasteiger partial charge in [-0.3, -0.25) is 19.8 Å². The number of carbonyl (C=O) groups is 3. The fourth-order valence-corrected chi connectivity index (χ4v) is 3.85. The highest BCUT2D eigenvalue weighted by Gasteiger charge is 2.45. The smallest absolute Gasteiger partial charge is 0.331 e. The quantitative estimate of drug-likeness (QED) is 0.610. The second-order valence-electron chi connectivity index (χ2n) is 6.84. The van der Waals surface area contributed by atoms with Crippen molar-refractivity contribution in [2.24, 2.45) is 11.7 Å². The third-order valence-corrected chi connectivity index (χ3v) is 5.52. The maximum Gasteiger partial charge on any atom is 0.331 e. The summed E-state index contributed by atoms with van der Waals surface area (Å²) in [6.07, 6.45) is -1.53. The molecule has 4 amide bonds. The number of amides is 4. The van der Waals surface area contributed by atoms with Gasteiger partial charge >= 0.3 is 6.03 Å². The lowest BCUT2D eigenvalue weighted by molar-refractivity contribution is -0.146. The fraction of sp³-hybridized carbons (Fsp3) is 0.500. The summed E-state index contributed by atoms with van der Waals surface area (Å²) >= 11 is 3.17. The third kappa shape index (κ3) is 5.11. The maximum absolute atomic E-state index is 14.8. The second kappa shape index (κ2) is 9.92. The molecule has 3 rings (SSSR count). The molecule has 2 fully saturated rings. The molecule has 2 aliphatic heterocycles. The van der Waals surface area contributed by atoms with E-state index in [0.29, 0.717) is 30.5 Å². The van der Waals surface area contributed by atoms with Crippen molar-refractivity contribution >= 4 is 46.2 Å². The van der Waals surface area contributed by atoms with E-state index in [1.54, 1.807) is 0 Å². The highest BCUT2D eigenvalue weighted by atomic mass is 79.9. The zero-order valence-corrected chi connectivity index (χ0v) is 17.7. The highest BCUT2D eigenvalue weighted by molar-refractivity contribution is 9.10.